The largest absolute Gasteiger partial charge is 0.390 e. The first-order valence-electron chi connectivity index (χ1n) is 30.2. The Balaban J connectivity index is 4.27. The van der Waals surface area contributed by atoms with Crippen molar-refractivity contribution in [3.05, 3.63) is 12.2 Å². The van der Waals surface area contributed by atoms with E-state index >= 15 is 9.59 Å². The number of rotatable bonds is 15. The molecule has 1 aliphatic heterocycles. The van der Waals surface area contributed by atoms with E-state index in [4.69, 9.17) is 0 Å². The van der Waals surface area contributed by atoms with Crippen LogP contribution in [0.4, 0.5) is 0 Å². The SMILES string of the molecule is C/C=C/C[C@@H](C)[C@@H](O)[C@H]1C(=O)N[C@@H](CC)C(=O)NCC(=O)N(C)[C@@H](CC(C)C)C(=O)N[C@@H](C(C)C)C(=O)N(C)[C@@H](CC(C)C)C(=O)N[C@@H](C)C(=O)N[C@H](C)C(=O)N(C)[C@@H](CC(C)C)C(=O)N(C)[C@@H](CC(C)C)C(=O)N(C)[C@@H](C(C)C)C(=O)N1C. The zero-order valence-corrected chi connectivity index (χ0v) is 55.1. The third-order valence-corrected chi connectivity index (χ3v) is 15.8. The minimum Gasteiger partial charge on any atom is -0.390 e. The van der Waals surface area contributed by atoms with Crippen molar-refractivity contribution >= 4 is 65.0 Å². The van der Waals surface area contributed by atoms with Gasteiger partial charge in [-0.05, 0) is 101 Å². The number of likely N-dealkylation sites (N-methyl/N-ethyl adjacent to an activating group) is 6. The maximum atomic E-state index is 15.1. The van der Waals surface area contributed by atoms with Crippen LogP contribution in [0.15, 0.2) is 12.2 Å². The lowest BCUT2D eigenvalue weighted by atomic mass is 9.91. The van der Waals surface area contributed by atoms with Crippen molar-refractivity contribution in [1.82, 2.24) is 56.0 Å². The summed E-state index contributed by atoms with van der Waals surface area (Å²) >= 11 is 0. The van der Waals surface area contributed by atoms with Gasteiger partial charge in [-0.1, -0.05) is 109 Å². The van der Waals surface area contributed by atoms with Crippen LogP contribution >= 0.6 is 0 Å². The highest BCUT2D eigenvalue weighted by Crippen LogP contribution is 2.25. The monoisotopic (exact) mass is 1190 g/mol. The molecule has 1 fully saturated rings. The Kier molecular flexibility index (Phi) is 31.4. The maximum Gasteiger partial charge on any atom is 0.246 e. The van der Waals surface area contributed by atoms with Crippen LogP contribution in [0.5, 0.6) is 0 Å². The first-order chi connectivity index (χ1) is 38.8. The molecule has 1 saturated heterocycles. The summed E-state index contributed by atoms with van der Waals surface area (Å²) in [7, 11) is 8.50. The standard InChI is InChI=1S/C61H109N11O12/c1-24-26-27-39(15)51(74)50-56(79)65-42(25-2)53(76)62-32-47(73)67(18)43(28-33(3)4)55(78)66-48(37(11)12)60(83)68(19)44(29-34(5)6)54(77)63-40(16)52(75)64-41(17)57(80)69(20)45(30-35(7)8)58(81)70(21)46(31-36(9)10)59(82)71(22)49(38(13)14)61(84)72(50)23/h24,26,33-46,48-51,74H,25,27-32H2,1-23H3,(H,62,76)(H,63,77)(H,64,75)(H,65,79)(H,66,78)/b26-24+/t39-,40+,41-,42+,43+,44+,45+,46+,48+,49+,50+,51-/m1/s1. The number of carbonyl (C=O) groups excluding carboxylic acids is 11. The molecule has 0 aromatic heterocycles. The smallest absolute Gasteiger partial charge is 0.246 e. The number of nitrogens with one attached hydrogen (secondary N) is 5. The Morgan fingerprint density at radius 1 is 0.464 bits per heavy atom. The third-order valence-electron chi connectivity index (χ3n) is 15.8. The molecule has 1 rings (SSSR count). The van der Waals surface area contributed by atoms with Gasteiger partial charge in [0.1, 0.15) is 60.4 Å². The fraction of sp³-hybridized carbons (Fsp3) is 0.787. The molecule has 0 aromatic carbocycles. The predicted octanol–water partition coefficient (Wildman–Crippen LogP) is 2.93. The number of aliphatic hydroxyl groups is 1. The number of carbonyl (C=O) groups is 11. The summed E-state index contributed by atoms with van der Waals surface area (Å²) in [6.07, 6.45) is 3.02. The molecule has 0 bridgehead atoms. The van der Waals surface area contributed by atoms with Crippen molar-refractivity contribution in [2.45, 2.75) is 223 Å². The fourth-order valence-electron chi connectivity index (χ4n) is 10.4. The van der Waals surface area contributed by atoms with Gasteiger partial charge in [0.15, 0.2) is 0 Å². The van der Waals surface area contributed by atoms with Crippen LogP contribution in [0.1, 0.15) is 156 Å². The minimum absolute atomic E-state index is 0.0116. The molecular formula is C61H109N11O12. The van der Waals surface area contributed by atoms with Crippen molar-refractivity contribution < 1.29 is 57.8 Å². The van der Waals surface area contributed by atoms with Crippen molar-refractivity contribution in [2.24, 2.45) is 41.4 Å². The summed E-state index contributed by atoms with van der Waals surface area (Å²) in [6, 6.07) is -12.3. The highest BCUT2D eigenvalue weighted by Gasteiger charge is 2.45. The Hall–Kier alpha value is -6.13. The highest BCUT2D eigenvalue weighted by atomic mass is 16.3. The third kappa shape index (κ3) is 21.4. The molecule has 6 N–H and O–H groups in total. The molecule has 23 nitrogen and oxygen atoms in total. The van der Waals surface area contributed by atoms with Crippen LogP contribution in [0.3, 0.4) is 0 Å². The minimum atomic E-state index is -1.61. The normalized spacial score (nSPS) is 27.0. The van der Waals surface area contributed by atoms with Crippen LogP contribution < -0.4 is 26.6 Å². The van der Waals surface area contributed by atoms with Crippen molar-refractivity contribution in [3.8, 4) is 0 Å². The number of aliphatic hydroxyl groups excluding tert-OH is 1. The van der Waals surface area contributed by atoms with E-state index in [1.165, 1.54) is 80.6 Å². The predicted molar refractivity (Wildman–Crippen MR) is 324 cm³/mol. The van der Waals surface area contributed by atoms with E-state index < -0.39 is 156 Å². The van der Waals surface area contributed by atoms with E-state index in [2.05, 4.69) is 26.6 Å². The number of allylic oxidation sites excluding steroid dienone is 2. The number of amides is 11. The van der Waals surface area contributed by atoms with E-state index in [9.17, 15) is 48.3 Å². The van der Waals surface area contributed by atoms with Crippen LogP contribution in [0, 0.1) is 41.4 Å². The average Bonchev–Trinajstić information content (AvgIpc) is 3.43. The van der Waals surface area contributed by atoms with Gasteiger partial charge >= 0.3 is 0 Å². The molecule has 11 amide bonds. The highest BCUT2D eigenvalue weighted by molar-refractivity contribution is 5.99. The van der Waals surface area contributed by atoms with Crippen molar-refractivity contribution in [3.63, 3.8) is 0 Å². The lowest BCUT2D eigenvalue weighted by molar-refractivity contribution is -0.157. The molecule has 0 aliphatic carbocycles. The zero-order valence-electron chi connectivity index (χ0n) is 55.1. The van der Waals surface area contributed by atoms with E-state index in [1.807, 2.05) is 55.4 Å². The second-order valence-corrected chi connectivity index (χ2v) is 25.6. The fourth-order valence-corrected chi connectivity index (χ4v) is 10.4. The summed E-state index contributed by atoms with van der Waals surface area (Å²) in [5.41, 5.74) is 0. The number of hydrogen-bond donors (Lipinski definition) is 6. The summed E-state index contributed by atoms with van der Waals surface area (Å²) < 4.78 is 0. The van der Waals surface area contributed by atoms with Crippen LogP contribution in [-0.2, 0) is 52.7 Å². The van der Waals surface area contributed by atoms with Crippen molar-refractivity contribution in [1.29, 1.82) is 0 Å². The molecule has 0 aromatic rings. The quantitative estimate of drug-likeness (QED) is 0.129. The molecule has 1 aliphatic rings. The summed E-state index contributed by atoms with van der Waals surface area (Å²) in [5.74, 6) is -9.86. The maximum absolute atomic E-state index is 15.1. The Bertz CT molecular complexity index is 2290. The second kappa shape index (κ2) is 34.7. The van der Waals surface area contributed by atoms with Gasteiger partial charge in [-0.15, -0.1) is 0 Å². The van der Waals surface area contributed by atoms with Gasteiger partial charge in [-0.3, -0.25) is 52.7 Å². The molecule has 1 heterocycles. The van der Waals surface area contributed by atoms with Gasteiger partial charge in [-0.2, -0.15) is 0 Å². The summed E-state index contributed by atoms with van der Waals surface area (Å²) in [5, 5.41) is 25.5. The van der Waals surface area contributed by atoms with Gasteiger partial charge in [0.25, 0.3) is 0 Å². The van der Waals surface area contributed by atoms with Crippen molar-refractivity contribution in [2.75, 3.05) is 48.8 Å². The molecule has 0 unspecified atom stereocenters. The van der Waals surface area contributed by atoms with Crippen LogP contribution in [-0.4, -0.2) is 215 Å². The van der Waals surface area contributed by atoms with Gasteiger partial charge in [0.2, 0.25) is 65.0 Å². The lowest BCUT2D eigenvalue weighted by Crippen LogP contribution is -2.63. The van der Waals surface area contributed by atoms with Crippen LogP contribution in [0.2, 0.25) is 0 Å². The molecule has 0 saturated carbocycles. The molecule has 84 heavy (non-hydrogen) atoms. The number of nitrogens with zero attached hydrogens (tertiary/aromatic N) is 6. The van der Waals surface area contributed by atoms with E-state index in [0.717, 1.165) is 4.90 Å². The topological polar surface area (TPSA) is 288 Å². The van der Waals surface area contributed by atoms with E-state index in [-0.39, 0.29) is 55.8 Å². The van der Waals surface area contributed by atoms with E-state index in [1.54, 1.807) is 60.6 Å². The number of hydrogen-bond acceptors (Lipinski definition) is 12. The van der Waals surface area contributed by atoms with Crippen LogP contribution in [0.25, 0.3) is 0 Å². The molecule has 12 atom stereocenters. The van der Waals surface area contributed by atoms with E-state index in [0.29, 0.717) is 6.42 Å². The molecule has 480 valence electrons. The second-order valence-electron chi connectivity index (χ2n) is 25.6. The molecule has 23 heteroatoms. The zero-order chi connectivity index (χ0) is 65.1. The first-order valence-corrected chi connectivity index (χ1v) is 30.2. The first kappa shape index (κ1) is 75.9. The average molecular weight is 1190 g/mol. The Morgan fingerprint density at radius 2 is 0.881 bits per heavy atom. The van der Waals surface area contributed by atoms with Gasteiger partial charge in [0.05, 0.1) is 12.6 Å². The van der Waals surface area contributed by atoms with Gasteiger partial charge < -0.3 is 61.1 Å². The molecular weight excluding hydrogens is 1080 g/mol. The Labute approximate surface area is 502 Å². The molecule has 0 radical (unpaired) electrons. The lowest BCUT2D eigenvalue weighted by Gasteiger charge is -2.41. The van der Waals surface area contributed by atoms with Gasteiger partial charge in [-0.25, -0.2) is 0 Å². The summed E-state index contributed by atoms with van der Waals surface area (Å²) in [6.45, 7) is 29.2. The van der Waals surface area contributed by atoms with Gasteiger partial charge in [0, 0.05) is 42.3 Å². The summed E-state index contributed by atoms with van der Waals surface area (Å²) in [4.78, 5) is 166. The molecule has 0 spiro atoms. The Morgan fingerprint density at radius 3 is 1.33 bits per heavy atom.